The van der Waals surface area contributed by atoms with Gasteiger partial charge in [0.15, 0.2) is 0 Å². The van der Waals surface area contributed by atoms with Crippen LogP contribution < -0.4 is 5.73 Å². The topological polar surface area (TPSA) is 29.3 Å². The van der Waals surface area contributed by atoms with Gasteiger partial charge in [-0.05, 0) is 63.8 Å². The van der Waals surface area contributed by atoms with E-state index in [4.69, 9.17) is 5.73 Å². The molecule has 0 spiro atoms. The molecule has 0 heterocycles. The molecule has 0 saturated carbocycles. The van der Waals surface area contributed by atoms with Crippen LogP contribution in [-0.4, -0.2) is 23.5 Å². The molecular weight excluding hydrogens is 244 g/mol. The van der Waals surface area contributed by atoms with Gasteiger partial charge >= 0.3 is 0 Å². The molecule has 114 valence electrons. The second kappa shape index (κ2) is 7.24. The molecule has 1 unspecified atom stereocenters. The Hall–Kier alpha value is -0.860. The van der Waals surface area contributed by atoms with Crippen LogP contribution >= 0.6 is 0 Å². The second-order valence-electron chi connectivity index (χ2n) is 6.35. The lowest BCUT2D eigenvalue weighted by Crippen LogP contribution is -2.51. The fourth-order valence-corrected chi connectivity index (χ4v) is 2.96. The Balaban J connectivity index is 3.08. The van der Waals surface area contributed by atoms with Crippen LogP contribution in [-0.2, 0) is 6.54 Å². The lowest BCUT2D eigenvalue weighted by Gasteiger charge is -2.40. The van der Waals surface area contributed by atoms with Gasteiger partial charge in [0.2, 0.25) is 0 Å². The molecule has 0 saturated heterocycles. The van der Waals surface area contributed by atoms with Crippen molar-refractivity contribution in [2.24, 2.45) is 5.73 Å². The standard InChI is InChI=1S/C18H32N2/c1-7-9-20(18(6,8-2)13-19)12-17-15(4)10-14(3)11-16(17)5/h10-11H,7-9,12-13,19H2,1-6H3. The van der Waals surface area contributed by atoms with E-state index in [-0.39, 0.29) is 5.54 Å². The van der Waals surface area contributed by atoms with Gasteiger partial charge in [0.05, 0.1) is 0 Å². The Bertz CT molecular complexity index is 410. The van der Waals surface area contributed by atoms with Crippen LogP contribution in [0.2, 0.25) is 0 Å². The first-order valence-corrected chi connectivity index (χ1v) is 7.89. The van der Waals surface area contributed by atoms with E-state index in [0.29, 0.717) is 6.54 Å². The molecule has 0 aliphatic carbocycles. The first kappa shape index (κ1) is 17.2. The first-order valence-electron chi connectivity index (χ1n) is 7.89. The zero-order valence-corrected chi connectivity index (χ0v) is 14.2. The summed E-state index contributed by atoms with van der Waals surface area (Å²) < 4.78 is 0. The van der Waals surface area contributed by atoms with E-state index in [1.165, 1.54) is 28.7 Å². The van der Waals surface area contributed by atoms with E-state index in [1.54, 1.807) is 0 Å². The fourth-order valence-electron chi connectivity index (χ4n) is 2.96. The van der Waals surface area contributed by atoms with E-state index in [2.05, 4.69) is 58.6 Å². The minimum absolute atomic E-state index is 0.0970. The summed E-state index contributed by atoms with van der Waals surface area (Å²) in [4.78, 5) is 2.57. The van der Waals surface area contributed by atoms with Crippen molar-refractivity contribution < 1.29 is 0 Å². The molecule has 0 radical (unpaired) electrons. The Kier molecular flexibility index (Phi) is 6.22. The zero-order chi connectivity index (χ0) is 15.3. The summed E-state index contributed by atoms with van der Waals surface area (Å²) in [5, 5.41) is 0. The van der Waals surface area contributed by atoms with Crippen LogP contribution in [0.5, 0.6) is 0 Å². The molecule has 0 aromatic heterocycles. The highest BCUT2D eigenvalue weighted by molar-refractivity contribution is 5.37. The molecule has 0 bridgehead atoms. The van der Waals surface area contributed by atoms with Crippen molar-refractivity contribution in [3.05, 3.63) is 34.4 Å². The zero-order valence-electron chi connectivity index (χ0n) is 14.2. The molecule has 0 aliphatic rings. The van der Waals surface area contributed by atoms with E-state index in [0.717, 1.165) is 19.5 Å². The molecule has 0 aliphatic heterocycles. The predicted octanol–water partition coefficient (Wildman–Crippen LogP) is 3.95. The Morgan fingerprint density at radius 3 is 2.05 bits per heavy atom. The number of hydrogen-bond acceptors (Lipinski definition) is 2. The molecule has 2 heteroatoms. The Morgan fingerprint density at radius 1 is 1.10 bits per heavy atom. The summed E-state index contributed by atoms with van der Waals surface area (Å²) in [7, 11) is 0. The molecule has 1 rings (SSSR count). The van der Waals surface area contributed by atoms with E-state index < -0.39 is 0 Å². The normalized spacial score (nSPS) is 14.6. The number of hydrogen-bond donors (Lipinski definition) is 1. The number of aryl methyl sites for hydroxylation is 3. The third-order valence-corrected chi connectivity index (χ3v) is 4.65. The lowest BCUT2D eigenvalue weighted by molar-refractivity contribution is 0.0968. The number of nitrogens with zero attached hydrogens (tertiary/aromatic N) is 1. The van der Waals surface area contributed by atoms with Crippen LogP contribution in [0, 0.1) is 20.8 Å². The van der Waals surface area contributed by atoms with Crippen molar-refractivity contribution >= 4 is 0 Å². The molecule has 0 fully saturated rings. The minimum Gasteiger partial charge on any atom is -0.329 e. The van der Waals surface area contributed by atoms with Gasteiger partial charge < -0.3 is 5.73 Å². The maximum atomic E-state index is 6.06. The van der Waals surface area contributed by atoms with Crippen LogP contribution in [0.4, 0.5) is 0 Å². The average molecular weight is 276 g/mol. The number of benzene rings is 1. The van der Waals surface area contributed by atoms with Gasteiger partial charge in [-0.25, -0.2) is 0 Å². The largest absolute Gasteiger partial charge is 0.329 e. The molecule has 2 nitrogen and oxygen atoms in total. The van der Waals surface area contributed by atoms with Crippen molar-refractivity contribution in [3.8, 4) is 0 Å². The molecule has 1 aromatic carbocycles. The summed E-state index contributed by atoms with van der Waals surface area (Å²) in [5.74, 6) is 0. The van der Waals surface area contributed by atoms with Gasteiger partial charge in [-0.1, -0.05) is 31.5 Å². The summed E-state index contributed by atoms with van der Waals surface area (Å²) >= 11 is 0. The van der Waals surface area contributed by atoms with Gasteiger partial charge in [0.1, 0.15) is 0 Å². The van der Waals surface area contributed by atoms with Crippen LogP contribution in [0.15, 0.2) is 12.1 Å². The summed E-state index contributed by atoms with van der Waals surface area (Å²) in [5.41, 5.74) is 11.8. The SMILES string of the molecule is CCCN(Cc1c(C)cc(C)cc1C)C(C)(CC)CN. The van der Waals surface area contributed by atoms with Crippen molar-refractivity contribution in [1.29, 1.82) is 0 Å². The minimum atomic E-state index is 0.0970. The summed E-state index contributed by atoms with van der Waals surface area (Å²) in [6.07, 6.45) is 2.26. The van der Waals surface area contributed by atoms with Crippen LogP contribution in [0.3, 0.4) is 0 Å². The van der Waals surface area contributed by atoms with Crippen molar-refractivity contribution in [2.75, 3.05) is 13.1 Å². The smallest absolute Gasteiger partial charge is 0.0304 e. The maximum Gasteiger partial charge on any atom is 0.0304 e. The monoisotopic (exact) mass is 276 g/mol. The lowest BCUT2D eigenvalue weighted by atomic mass is 9.93. The highest BCUT2D eigenvalue weighted by Gasteiger charge is 2.28. The van der Waals surface area contributed by atoms with Gasteiger partial charge in [-0.15, -0.1) is 0 Å². The Labute approximate surface area is 125 Å². The van der Waals surface area contributed by atoms with E-state index >= 15 is 0 Å². The fraction of sp³-hybridized carbons (Fsp3) is 0.667. The van der Waals surface area contributed by atoms with Gasteiger partial charge in [-0.2, -0.15) is 0 Å². The van der Waals surface area contributed by atoms with Crippen LogP contribution in [0.1, 0.15) is 55.9 Å². The summed E-state index contributed by atoms with van der Waals surface area (Å²) in [6.45, 7) is 16.2. The third kappa shape index (κ3) is 3.83. The predicted molar refractivity (Wildman–Crippen MR) is 89.1 cm³/mol. The second-order valence-corrected chi connectivity index (χ2v) is 6.35. The highest BCUT2D eigenvalue weighted by atomic mass is 15.2. The van der Waals surface area contributed by atoms with Gasteiger partial charge in [0, 0.05) is 18.6 Å². The number of rotatable bonds is 7. The van der Waals surface area contributed by atoms with Crippen LogP contribution in [0.25, 0.3) is 0 Å². The van der Waals surface area contributed by atoms with Gasteiger partial charge in [0.25, 0.3) is 0 Å². The van der Waals surface area contributed by atoms with E-state index in [9.17, 15) is 0 Å². The molecule has 2 N–H and O–H groups in total. The molecular formula is C18H32N2. The number of nitrogens with two attached hydrogens (primary N) is 1. The molecule has 20 heavy (non-hydrogen) atoms. The van der Waals surface area contributed by atoms with Gasteiger partial charge in [-0.3, -0.25) is 4.90 Å². The van der Waals surface area contributed by atoms with Crippen molar-refractivity contribution in [1.82, 2.24) is 4.90 Å². The van der Waals surface area contributed by atoms with E-state index in [1.807, 2.05) is 0 Å². The Morgan fingerprint density at radius 2 is 1.65 bits per heavy atom. The highest BCUT2D eigenvalue weighted by Crippen LogP contribution is 2.25. The maximum absolute atomic E-state index is 6.06. The molecule has 1 atom stereocenters. The molecule has 1 aromatic rings. The van der Waals surface area contributed by atoms with Crippen molar-refractivity contribution in [2.45, 2.75) is 66.5 Å². The first-order chi connectivity index (χ1) is 9.37. The quantitative estimate of drug-likeness (QED) is 0.817. The molecule has 0 amide bonds. The van der Waals surface area contributed by atoms with Crippen molar-refractivity contribution in [3.63, 3.8) is 0 Å². The third-order valence-electron chi connectivity index (χ3n) is 4.65. The average Bonchev–Trinajstić information content (AvgIpc) is 2.40. The summed E-state index contributed by atoms with van der Waals surface area (Å²) in [6, 6.07) is 4.58.